The summed E-state index contributed by atoms with van der Waals surface area (Å²) < 4.78 is 15.9. The van der Waals surface area contributed by atoms with Gasteiger partial charge in [-0.05, 0) is 29.8 Å². The first kappa shape index (κ1) is 20.5. The third kappa shape index (κ3) is 5.39. The van der Waals surface area contributed by atoms with Crippen LogP contribution < -0.4 is 20.5 Å². The Balaban J connectivity index is 1.61. The minimum absolute atomic E-state index is 0.235. The summed E-state index contributed by atoms with van der Waals surface area (Å²) in [5, 5.41) is 2.83. The number of esters is 1. The van der Waals surface area contributed by atoms with Crippen molar-refractivity contribution in [2.75, 3.05) is 19.8 Å². The number of nitrogens with one attached hydrogen (secondary N) is 1. The fourth-order valence-electron chi connectivity index (χ4n) is 2.84. The van der Waals surface area contributed by atoms with Crippen molar-refractivity contribution in [3.05, 3.63) is 58.6 Å². The molecule has 29 heavy (non-hydrogen) atoms. The number of benzene rings is 2. The van der Waals surface area contributed by atoms with E-state index in [1.54, 1.807) is 42.5 Å². The highest BCUT2D eigenvalue weighted by atomic mass is 35.5. The van der Waals surface area contributed by atoms with Crippen molar-refractivity contribution in [1.29, 1.82) is 0 Å². The van der Waals surface area contributed by atoms with Crippen molar-refractivity contribution in [2.45, 2.75) is 12.5 Å². The van der Waals surface area contributed by atoms with Gasteiger partial charge in [-0.2, -0.15) is 0 Å². The Morgan fingerprint density at radius 2 is 1.83 bits per heavy atom. The third-order valence-corrected chi connectivity index (χ3v) is 4.54. The third-order valence-electron chi connectivity index (χ3n) is 4.20. The lowest BCUT2D eigenvalue weighted by Crippen LogP contribution is -2.35. The zero-order chi connectivity index (χ0) is 20.8. The number of halogens is 1. The number of rotatable bonds is 7. The van der Waals surface area contributed by atoms with Gasteiger partial charge in [-0.15, -0.1) is 0 Å². The van der Waals surface area contributed by atoms with Gasteiger partial charge in [0, 0.05) is 10.6 Å². The molecule has 1 aliphatic heterocycles. The van der Waals surface area contributed by atoms with E-state index in [1.165, 1.54) is 0 Å². The SMILES string of the molecule is NC(=O)N[C@@H](CC(=O)OCC(=O)c1ccc2c(c1)OCCO2)c1ccccc1Cl. The van der Waals surface area contributed by atoms with Crippen LogP contribution in [-0.4, -0.2) is 37.6 Å². The predicted molar refractivity (Wildman–Crippen MR) is 104 cm³/mol. The fraction of sp³-hybridized carbons (Fsp3) is 0.250. The van der Waals surface area contributed by atoms with Gasteiger partial charge in [-0.25, -0.2) is 4.79 Å². The molecule has 1 aliphatic rings. The topological polar surface area (TPSA) is 117 Å². The maximum atomic E-state index is 12.3. The van der Waals surface area contributed by atoms with E-state index in [9.17, 15) is 14.4 Å². The first-order chi connectivity index (χ1) is 13.9. The number of amides is 2. The average molecular weight is 419 g/mol. The summed E-state index contributed by atoms with van der Waals surface area (Å²) >= 11 is 6.13. The van der Waals surface area contributed by atoms with Gasteiger partial charge in [0.15, 0.2) is 23.9 Å². The molecule has 1 heterocycles. The van der Waals surface area contributed by atoms with Gasteiger partial charge in [-0.3, -0.25) is 9.59 Å². The number of hydrogen-bond acceptors (Lipinski definition) is 6. The number of carbonyl (C=O) groups is 3. The molecule has 2 amide bonds. The summed E-state index contributed by atoms with van der Waals surface area (Å²) in [7, 11) is 0. The second-order valence-electron chi connectivity index (χ2n) is 6.23. The van der Waals surface area contributed by atoms with Gasteiger partial charge >= 0.3 is 12.0 Å². The Bertz CT molecular complexity index is 933. The number of ketones is 1. The van der Waals surface area contributed by atoms with Crippen molar-refractivity contribution in [2.24, 2.45) is 5.73 Å². The molecular formula is C20H19ClN2O6. The molecule has 0 fully saturated rings. The minimum Gasteiger partial charge on any atom is -0.486 e. The summed E-state index contributed by atoms with van der Waals surface area (Å²) in [6.07, 6.45) is -0.235. The van der Waals surface area contributed by atoms with Crippen LogP contribution in [0.5, 0.6) is 11.5 Å². The van der Waals surface area contributed by atoms with Crippen LogP contribution in [-0.2, 0) is 9.53 Å². The first-order valence-corrected chi connectivity index (χ1v) is 9.20. The molecule has 9 heteroatoms. The highest BCUT2D eigenvalue weighted by Gasteiger charge is 2.22. The van der Waals surface area contributed by atoms with Gasteiger partial charge in [0.05, 0.1) is 12.5 Å². The van der Waals surface area contributed by atoms with E-state index in [1.807, 2.05) is 0 Å². The van der Waals surface area contributed by atoms with Crippen molar-refractivity contribution < 1.29 is 28.6 Å². The quantitative estimate of drug-likeness (QED) is 0.527. The number of nitrogens with two attached hydrogens (primary N) is 1. The highest BCUT2D eigenvalue weighted by molar-refractivity contribution is 6.31. The number of Topliss-reactive ketones (excluding diaryl/α,β-unsaturated/α-hetero) is 1. The fourth-order valence-corrected chi connectivity index (χ4v) is 3.11. The summed E-state index contributed by atoms with van der Waals surface area (Å²) in [5.41, 5.74) is 6.04. The molecule has 0 radical (unpaired) electrons. The number of urea groups is 1. The smallest absolute Gasteiger partial charge is 0.312 e. The summed E-state index contributed by atoms with van der Waals surface area (Å²) in [5.74, 6) is -0.0511. The molecule has 1 atom stereocenters. The molecular weight excluding hydrogens is 400 g/mol. The minimum atomic E-state index is -0.810. The Kier molecular flexibility index (Phi) is 6.56. The highest BCUT2D eigenvalue weighted by Crippen LogP contribution is 2.31. The number of fused-ring (bicyclic) bond motifs is 1. The van der Waals surface area contributed by atoms with Crippen LogP contribution in [0.25, 0.3) is 0 Å². The van der Waals surface area contributed by atoms with Crippen molar-refractivity contribution in [3.63, 3.8) is 0 Å². The Labute approximate surface area is 171 Å². The molecule has 3 rings (SSSR count). The van der Waals surface area contributed by atoms with E-state index < -0.39 is 30.4 Å². The molecule has 0 saturated carbocycles. The van der Waals surface area contributed by atoms with Crippen LogP contribution in [0.15, 0.2) is 42.5 Å². The van der Waals surface area contributed by atoms with Crippen molar-refractivity contribution >= 4 is 29.4 Å². The van der Waals surface area contributed by atoms with Gasteiger partial charge in [-0.1, -0.05) is 29.8 Å². The van der Waals surface area contributed by atoms with Gasteiger partial charge in [0.2, 0.25) is 0 Å². The van der Waals surface area contributed by atoms with Crippen LogP contribution in [0.2, 0.25) is 5.02 Å². The normalized spacial score (nSPS) is 13.3. The van der Waals surface area contributed by atoms with Crippen LogP contribution in [0.1, 0.15) is 28.4 Å². The molecule has 0 spiro atoms. The molecule has 8 nitrogen and oxygen atoms in total. The van der Waals surface area contributed by atoms with Crippen LogP contribution in [0.3, 0.4) is 0 Å². The molecule has 0 unspecified atom stereocenters. The lowest BCUT2D eigenvalue weighted by molar-refractivity contribution is -0.143. The molecule has 3 N–H and O–H groups in total. The second-order valence-corrected chi connectivity index (χ2v) is 6.64. The predicted octanol–water partition coefficient (Wildman–Crippen LogP) is 2.64. The van der Waals surface area contributed by atoms with Crippen LogP contribution in [0.4, 0.5) is 4.79 Å². The lowest BCUT2D eigenvalue weighted by Gasteiger charge is -2.19. The number of ether oxygens (including phenoxy) is 3. The molecule has 0 saturated heterocycles. The molecule has 152 valence electrons. The van der Waals surface area contributed by atoms with Gasteiger partial charge in [0.1, 0.15) is 13.2 Å². The van der Waals surface area contributed by atoms with Crippen molar-refractivity contribution in [1.82, 2.24) is 5.32 Å². The van der Waals surface area contributed by atoms with Crippen molar-refractivity contribution in [3.8, 4) is 11.5 Å². The number of carbonyl (C=O) groups excluding carboxylic acids is 3. The number of hydrogen-bond donors (Lipinski definition) is 2. The Hall–Kier alpha value is -3.26. The first-order valence-electron chi connectivity index (χ1n) is 8.83. The average Bonchev–Trinajstić information content (AvgIpc) is 2.71. The summed E-state index contributed by atoms with van der Waals surface area (Å²) in [6.45, 7) is 0.393. The van der Waals surface area contributed by atoms with Gasteiger partial charge < -0.3 is 25.3 Å². The molecule has 0 aromatic heterocycles. The van der Waals surface area contributed by atoms with Crippen LogP contribution >= 0.6 is 11.6 Å². The molecule has 0 bridgehead atoms. The van der Waals surface area contributed by atoms with E-state index in [0.717, 1.165) is 0 Å². The van der Waals surface area contributed by atoms with E-state index in [4.69, 9.17) is 31.5 Å². The van der Waals surface area contributed by atoms with E-state index >= 15 is 0 Å². The summed E-state index contributed by atoms with van der Waals surface area (Å²) in [4.78, 5) is 35.9. The zero-order valence-corrected chi connectivity index (χ0v) is 16.1. The largest absolute Gasteiger partial charge is 0.486 e. The van der Waals surface area contributed by atoms with Crippen LogP contribution in [0, 0.1) is 0 Å². The summed E-state index contributed by atoms with van der Waals surface area (Å²) in [6, 6.07) is 9.89. The molecule has 0 aliphatic carbocycles. The maximum absolute atomic E-state index is 12.3. The second kappa shape index (κ2) is 9.29. The lowest BCUT2D eigenvalue weighted by atomic mass is 10.0. The van der Waals surface area contributed by atoms with E-state index in [2.05, 4.69) is 5.32 Å². The number of primary amides is 1. The Morgan fingerprint density at radius 1 is 1.10 bits per heavy atom. The standard InChI is InChI=1S/C20H19ClN2O6/c21-14-4-2-1-3-13(14)15(23-20(22)26)10-19(25)29-11-16(24)12-5-6-17-18(9-12)28-8-7-27-17/h1-6,9,15H,7-8,10-11H2,(H3,22,23,26)/t15-/m0/s1. The van der Waals surface area contributed by atoms with E-state index in [0.29, 0.717) is 40.9 Å². The monoisotopic (exact) mass is 418 g/mol. The zero-order valence-electron chi connectivity index (χ0n) is 15.4. The maximum Gasteiger partial charge on any atom is 0.312 e. The van der Waals surface area contributed by atoms with Gasteiger partial charge in [0.25, 0.3) is 0 Å². The molecule has 2 aromatic rings. The Morgan fingerprint density at radius 3 is 2.55 bits per heavy atom. The molecule has 2 aromatic carbocycles. The van der Waals surface area contributed by atoms with E-state index in [-0.39, 0.29) is 6.42 Å².